The van der Waals surface area contributed by atoms with Crippen LogP contribution in [0.15, 0.2) is 42.6 Å². The van der Waals surface area contributed by atoms with E-state index in [1.54, 1.807) is 6.20 Å². The van der Waals surface area contributed by atoms with E-state index >= 15 is 0 Å². The van der Waals surface area contributed by atoms with E-state index in [0.717, 1.165) is 18.7 Å². The molecule has 1 N–H and O–H groups in total. The highest BCUT2D eigenvalue weighted by molar-refractivity contribution is 5.36. The van der Waals surface area contributed by atoms with E-state index < -0.39 is 0 Å². The third kappa shape index (κ3) is 1.59. The molecule has 0 saturated heterocycles. The van der Waals surface area contributed by atoms with Gasteiger partial charge >= 0.3 is 0 Å². The fourth-order valence-electron chi connectivity index (χ4n) is 2.24. The van der Waals surface area contributed by atoms with Crippen LogP contribution in [-0.4, -0.2) is 16.7 Å². The predicted octanol–water partition coefficient (Wildman–Crippen LogP) is 1.71. The van der Waals surface area contributed by atoms with Gasteiger partial charge in [-0.15, -0.1) is 0 Å². The number of fused-ring (bicyclic) bond motifs is 1. The number of rotatable bonds is 1. The Labute approximate surface area is 94.5 Å². The van der Waals surface area contributed by atoms with Crippen molar-refractivity contribution in [1.82, 2.24) is 15.5 Å². The van der Waals surface area contributed by atoms with Gasteiger partial charge in [0.25, 0.3) is 0 Å². The summed E-state index contributed by atoms with van der Waals surface area (Å²) in [6, 6.07) is 12.7. The molecule has 1 aromatic carbocycles. The lowest BCUT2D eigenvalue weighted by Crippen LogP contribution is -2.31. The van der Waals surface area contributed by atoms with E-state index in [2.05, 4.69) is 39.8 Å². The number of nitrogens with zero attached hydrogens (tertiary/aromatic N) is 2. The first-order valence-electron chi connectivity index (χ1n) is 5.54. The van der Waals surface area contributed by atoms with E-state index in [4.69, 9.17) is 0 Å². The summed E-state index contributed by atoms with van der Waals surface area (Å²) in [5.41, 5.74) is 3.74. The smallest absolute Gasteiger partial charge is 0.0846 e. The zero-order valence-electron chi connectivity index (χ0n) is 8.93. The minimum absolute atomic E-state index is 0.193. The Morgan fingerprint density at radius 2 is 2.06 bits per heavy atom. The van der Waals surface area contributed by atoms with Crippen molar-refractivity contribution in [3.05, 3.63) is 59.4 Å². The van der Waals surface area contributed by atoms with Crippen LogP contribution in [0, 0.1) is 0 Å². The van der Waals surface area contributed by atoms with Gasteiger partial charge in [-0.1, -0.05) is 24.3 Å². The molecule has 3 nitrogen and oxygen atoms in total. The van der Waals surface area contributed by atoms with Gasteiger partial charge in [0.05, 0.1) is 11.7 Å². The Morgan fingerprint density at radius 3 is 2.94 bits per heavy atom. The summed E-state index contributed by atoms with van der Waals surface area (Å²) >= 11 is 0. The summed E-state index contributed by atoms with van der Waals surface area (Å²) in [7, 11) is 0. The van der Waals surface area contributed by atoms with Gasteiger partial charge in [0.15, 0.2) is 0 Å². The maximum atomic E-state index is 4.19. The van der Waals surface area contributed by atoms with Crippen molar-refractivity contribution in [1.29, 1.82) is 0 Å². The van der Waals surface area contributed by atoms with Gasteiger partial charge in [-0.25, -0.2) is 0 Å². The summed E-state index contributed by atoms with van der Waals surface area (Å²) in [6.45, 7) is 0.998. The highest BCUT2D eigenvalue weighted by Crippen LogP contribution is 2.26. The molecule has 0 spiro atoms. The van der Waals surface area contributed by atoms with Crippen molar-refractivity contribution in [2.75, 3.05) is 6.54 Å². The Morgan fingerprint density at radius 1 is 1.12 bits per heavy atom. The number of nitrogens with one attached hydrogen (secondary N) is 1. The molecule has 0 aliphatic carbocycles. The molecule has 1 aliphatic rings. The quantitative estimate of drug-likeness (QED) is 0.780. The lowest BCUT2D eigenvalue weighted by Gasteiger charge is -2.25. The summed E-state index contributed by atoms with van der Waals surface area (Å²) in [6.07, 6.45) is 2.80. The van der Waals surface area contributed by atoms with E-state index in [0.29, 0.717) is 0 Å². The minimum atomic E-state index is 0.193. The Hall–Kier alpha value is -1.74. The van der Waals surface area contributed by atoms with Crippen molar-refractivity contribution >= 4 is 0 Å². The van der Waals surface area contributed by atoms with Crippen molar-refractivity contribution in [3.8, 4) is 0 Å². The van der Waals surface area contributed by atoms with Crippen LogP contribution in [0.1, 0.15) is 22.9 Å². The van der Waals surface area contributed by atoms with Gasteiger partial charge in [0.1, 0.15) is 0 Å². The maximum absolute atomic E-state index is 4.19. The molecular formula is C13H13N3. The van der Waals surface area contributed by atoms with Gasteiger partial charge in [0, 0.05) is 12.7 Å². The second kappa shape index (κ2) is 4.02. The normalized spacial score (nSPS) is 19.1. The highest BCUT2D eigenvalue weighted by Gasteiger charge is 2.21. The molecule has 0 fully saturated rings. The molecule has 80 valence electrons. The average molecular weight is 211 g/mol. The van der Waals surface area contributed by atoms with Crippen molar-refractivity contribution in [2.24, 2.45) is 0 Å². The number of hydrogen-bond acceptors (Lipinski definition) is 3. The first-order chi connectivity index (χ1) is 7.95. The summed E-state index contributed by atoms with van der Waals surface area (Å²) in [5, 5.41) is 11.6. The lowest BCUT2D eigenvalue weighted by molar-refractivity contribution is 0.551. The van der Waals surface area contributed by atoms with Crippen molar-refractivity contribution in [3.63, 3.8) is 0 Å². The number of aromatic nitrogens is 2. The van der Waals surface area contributed by atoms with Crippen LogP contribution >= 0.6 is 0 Å². The highest BCUT2D eigenvalue weighted by atomic mass is 15.1. The standard InChI is InChI=1S/C13H13N3/c1-2-5-11-10(4-1)7-9-14-13(11)12-6-3-8-15-16-12/h1-6,8,13-14H,7,9H2. The average Bonchev–Trinajstić information content (AvgIpc) is 2.39. The van der Waals surface area contributed by atoms with E-state index in [-0.39, 0.29) is 6.04 Å². The molecule has 0 saturated carbocycles. The molecule has 16 heavy (non-hydrogen) atoms. The van der Waals surface area contributed by atoms with Crippen LogP contribution in [0.4, 0.5) is 0 Å². The summed E-state index contributed by atoms with van der Waals surface area (Å²) in [5.74, 6) is 0. The summed E-state index contributed by atoms with van der Waals surface area (Å²) < 4.78 is 0. The Balaban J connectivity index is 2.05. The molecule has 2 heterocycles. The zero-order valence-corrected chi connectivity index (χ0v) is 8.93. The maximum Gasteiger partial charge on any atom is 0.0846 e. The number of benzene rings is 1. The largest absolute Gasteiger partial charge is 0.305 e. The molecule has 0 bridgehead atoms. The van der Waals surface area contributed by atoms with Crippen molar-refractivity contribution in [2.45, 2.75) is 12.5 Å². The summed E-state index contributed by atoms with van der Waals surface area (Å²) in [4.78, 5) is 0. The monoisotopic (exact) mass is 211 g/mol. The van der Waals surface area contributed by atoms with E-state index in [1.165, 1.54) is 11.1 Å². The van der Waals surface area contributed by atoms with Crippen LogP contribution in [0.2, 0.25) is 0 Å². The fraction of sp³-hybridized carbons (Fsp3) is 0.231. The molecular weight excluding hydrogens is 198 g/mol. The van der Waals surface area contributed by atoms with Crippen LogP contribution < -0.4 is 5.32 Å². The second-order valence-corrected chi connectivity index (χ2v) is 3.98. The third-order valence-corrected chi connectivity index (χ3v) is 3.00. The number of hydrogen-bond donors (Lipinski definition) is 1. The molecule has 3 heteroatoms. The Kier molecular flexibility index (Phi) is 2.38. The third-order valence-electron chi connectivity index (χ3n) is 3.00. The Bertz CT molecular complexity index is 482. The minimum Gasteiger partial charge on any atom is -0.305 e. The van der Waals surface area contributed by atoms with E-state index in [9.17, 15) is 0 Å². The van der Waals surface area contributed by atoms with Crippen LogP contribution in [0.25, 0.3) is 0 Å². The first-order valence-corrected chi connectivity index (χ1v) is 5.54. The molecule has 2 aromatic rings. The molecule has 0 amide bonds. The van der Waals surface area contributed by atoms with E-state index in [1.807, 2.05) is 12.1 Å². The fourth-order valence-corrected chi connectivity index (χ4v) is 2.24. The van der Waals surface area contributed by atoms with Gasteiger partial charge in [0.2, 0.25) is 0 Å². The first kappa shape index (κ1) is 9.48. The molecule has 1 aliphatic heterocycles. The molecule has 1 atom stereocenters. The predicted molar refractivity (Wildman–Crippen MR) is 62.0 cm³/mol. The van der Waals surface area contributed by atoms with Gasteiger partial charge < -0.3 is 5.32 Å². The lowest BCUT2D eigenvalue weighted by atomic mass is 9.92. The zero-order chi connectivity index (χ0) is 10.8. The molecule has 0 radical (unpaired) electrons. The van der Waals surface area contributed by atoms with Gasteiger partial charge in [-0.05, 0) is 29.7 Å². The van der Waals surface area contributed by atoms with Crippen LogP contribution in [0.3, 0.4) is 0 Å². The van der Waals surface area contributed by atoms with Gasteiger partial charge in [-0.3, -0.25) is 0 Å². The topological polar surface area (TPSA) is 37.8 Å². The molecule has 1 aromatic heterocycles. The van der Waals surface area contributed by atoms with Crippen LogP contribution in [0.5, 0.6) is 0 Å². The molecule has 1 unspecified atom stereocenters. The molecule has 3 rings (SSSR count). The van der Waals surface area contributed by atoms with Crippen LogP contribution in [-0.2, 0) is 6.42 Å². The van der Waals surface area contributed by atoms with Crippen molar-refractivity contribution < 1.29 is 0 Å². The van der Waals surface area contributed by atoms with Gasteiger partial charge in [-0.2, -0.15) is 10.2 Å². The second-order valence-electron chi connectivity index (χ2n) is 3.98. The SMILES string of the molecule is c1cnnc(C2NCCc3ccccc32)c1.